The van der Waals surface area contributed by atoms with Crippen LogP contribution in [0.4, 0.5) is 0 Å². The number of hydrogen-bond donors (Lipinski definition) is 0. The molecule has 0 N–H and O–H groups in total. The van der Waals surface area contributed by atoms with Crippen LogP contribution in [0.3, 0.4) is 0 Å². The fourth-order valence-corrected chi connectivity index (χ4v) is 3.70. The van der Waals surface area contributed by atoms with Gasteiger partial charge in [0.05, 0.1) is 0 Å². The predicted molar refractivity (Wildman–Crippen MR) is 131 cm³/mol. The minimum atomic E-state index is -0.223. The fourth-order valence-electron chi connectivity index (χ4n) is 3.70. The highest BCUT2D eigenvalue weighted by atomic mass is 16.5. The lowest BCUT2D eigenvalue weighted by molar-refractivity contribution is -0.144. The molecule has 31 heavy (non-hydrogen) atoms. The Morgan fingerprint density at radius 2 is 1.65 bits per heavy atom. The number of aryl methyl sites for hydroxylation is 1. The van der Waals surface area contributed by atoms with Crippen LogP contribution < -0.4 is 0 Å². The zero-order chi connectivity index (χ0) is 22.6. The summed E-state index contributed by atoms with van der Waals surface area (Å²) in [6.45, 7) is 3.72. The van der Waals surface area contributed by atoms with Crippen molar-refractivity contribution in [3.05, 3.63) is 53.6 Å². The van der Waals surface area contributed by atoms with Crippen molar-refractivity contribution in [1.29, 1.82) is 0 Å². The Labute approximate surface area is 190 Å². The average molecular weight is 427 g/mol. The van der Waals surface area contributed by atoms with Crippen molar-refractivity contribution in [2.24, 2.45) is 0 Å². The summed E-state index contributed by atoms with van der Waals surface area (Å²) >= 11 is 0. The highest BCUT2D eigenvalue weighted by Gasteiger charge is 2.07. The maximum Gasteiger partial charge on any atom is 0.303 e. The van der Waals surface area contributed by atoms with Gasteiger partial charge in [-0.15, -0.1) is 0 Å². The second kappa shape index (κ2) is 18.6. The molecule has 1 atom stereocenters. The Morgan fingerprint density at radius 3 is 2.35 bits per heavy atom. The molecule has 0 aliphatic rings. The molecule has 1 unspecified atom stereocenters. The molecule has 1 aromatic carbocycles. The molecule has 0 saturated heterocycles. The van der Waals surface area contributed by atoms with Crippen LogP contribution in [-0.4, -0.2) is 18.4 Å². The van der Waals surface area contributed by atoms with E-state index in [1.165, 1.54) is 63.0 Å². The monoisotopic (exact) mass is 426 g/mol. The first-order chi connectivity index (χ1) is 15.2. The molecule has 0 saturated carbocycles. The summed E-state index contributed by atoms with van der Waals surface area (Å²) in [4.78, 5) is 21.9. The molecule has 0 fully saturated rings. The van der Waals surface area contributed by atoms with E-state index in [2.05, 4.69) is 31.2 Å². The molecule has 3 nitrogen and oxygen atoms in total. The van der Waals surface area contributed by atoms with Crippen molar-refractivity contribution in [3.8, 4) is 0 Å². The second-order valence-electron chi connectivity index (χ2n) is 8.27. The quantitative estimate of drug-likeness (QED) is 0.105. The van der Waals surface area contributed by atoms with E-state index in [1.807, 2.05) is 24.3 Å². The number of carbonyl (C=O) groups excluding carboxylic acids is 2. The fraction of sp³-hybridized carbons (Fsp3) is 0.571. The van der Waals surface area contributed by atoms with Gasteiger partial charge in [-0.25, -0.2) is 0 Å². The summed E-state index contributed by atoms with van der Waals surface area (Å²) in [5.41, 5.74) is 2.50. The lowest BCUT2D eigenvalue weighted by Crippen LogP contribution is -2.13. The van der Waals surface area contributed by atoms with Gasteiger partial charge in [-0.2, -0.15) is 0 Å². The third-order valence-corrected chi connectivity index (χ3v) is 5.45. The number of unbranched alkanes of at least 4 members (excludes halogenated alkanes) is 9. The molecule has 172 valence electrons. The Bertz CT molecular complexity index is 660. The number of carbonyl (C=O) groups is 2. The first-order valence-electron chi connectivity index (χ1n) is 12.2. The molecule has 1 rings (SSSR count). The summed E-state index contributed by atoms with van der Waals surface area (Å²) in [6.07, 6.45) is 23.6. The van der Waals surface area contributed by atoms with E-state index in [0.717, 1.165) is 38.4 Å². The van der Waals surface area contributed by atoms with Gasteiger partial charge in [-0.1, -0.05) is 94.4 Å². The third kappa shape index (κ3) is 14.5. The molecule has 0 aliphatic carbocycles. The van der Waals surface area contributed by atoms with Crippen LogP contribution in [0.2, 0.25) is 0 Å². The van der Waals surface area contributed by atoms with E-state index in [0.29, 0.717) is 6.42 Å². The van der Waals surface area contributed by atoms with Crippen LogP contribution in [0.15, 0.2) is 42.5 Å². The lowest BCUT2D eigenvalue weighted by Gasteiger charge is -2.12. The summed E-state index contributed by atoms with van der Waals surface area (Å²) in [7, 11) is 0. The van der Waals surface area contributed by atoms with Gasteiger partial charge in [-0.3, -0.25) is 4.79 Å². The maximum atomic E-state index is 11.4. The molecular formula is C28H42O3. The first kappa shape index (κ1) is 26.9. The molecule has 0 spiro atoms. The van der Waals surface area contributed by atoms with Gasteiger partial charge < -0.3 is 9.53 Å². The van der Waals surface area contributed by atoms with Gasteiger partial charge >= 0.3 is 5.97 Å². The van der Waals surface area contributed by atoms with Crippen molar-refractivity contribution < 1.29 is 14.3 Å². The number of hydrogen-bond acceptors (Lipinski definition) is 3. The Balaban J connectivity index is 2.46. The van der Waals surface area contributed by atoms with Crippen LogP contribution in [0.25, 0.3) is 6.08 Å². The summed E-state index contributed by atoms with van der Waals surface area (Å²) in [5.74, 6) is -0.223. The molecule has 1 aromatic rings. The molecular weight excluding hydrogens is 384 g/mol. The van der Waals surface area contributed by atoms with Gasteiger partial charge in [0.15, 0.2) is 0 Å². The van der Waals surface area contributed by atoms with Gasteiger partial charge in [0.2, 0.25) is 0 Å². The van der Waals surface area contributed by atoms with E-state index in [9.17, 15) is 9.59 Å². The highest BCUT2D eigenvalue weighted by Crippen LogP contribution is 2.15. The Morgan fingerprint density at radius 1 is 0.935 bits per heavy atom. The van der Waals surface area contributed by atoms with E-state index in [1.54, 1.807) is 0 Å². The molecule has 0 heterocycles. The topological polar surface area (TPSA) is 43.4 Å². The summed E-state index contributed by atoms with van der Waals surface area (Å²) < 4.78 is 5.47. The molecule has 0 amide bonds. The van der Waals surface area contributed by atoms with Crippen molar-refractivity contribution in [2.75, 3.05) is 0 Å². The van der Waals surface area contributed by atoms with Gasteiger partial charge in [-0.05, 0) is 49.3 Å². The zero-order valence-corrected chi connectivity index (χ0v) is 19.7. The van der Waals surface area contributed by atoms with E-state index in [4.69, 9.17) is 4.74 Å². The van der Waals surface area contributed by atoms with Crippen LogP contribution in [0.5, 0.6) is 0 Å². The number of rotatable bonds is 18. The SMILES string of the molecule is CCCCCCCCCCC(/C=C/C=C/c1ccccc1CCCCC=O)OC(C)=O. The highest BCUT2D eigenvalue weighted by molar-refractivity contribution is 5.66. The number of esters is 1. The van der Waals surface area contributed by atoms with Crippen molar-refractivity contribution in [1.82, 2.24) is 0 Å². The normalized spacial score (nSPS) is 12.5. The lowest BCUT2D eigenvalue weighted by atomic mass is 10.0. The maximum absolute atomic E-state index is 11.4. The largest absolute Gasteiger partial charge is 0.458 e. The van der Waals surface area contributed by atoms with Crippen LogP contribution >= 0.6 is 0 Å². The predicted octanol–water partition coefficient (Wildman–Crippen LogP) is 7.63. The van der Waals surface area contributed by atoms with Gasteiger partial charge in [0.25, 0.3) is 0 Å². The van der Waals surface area contributed by atoms with Crippen LogP contribution in [0.1, 0.15) is 102 Å². The van der Waals surface area contributed by atoms with Gasteiger partial charge in [0, 0.05) is 13.3 Å². The zero-order valence-electron chi connectivity index (χ0n) is 19.7. The number of allylic oxidation sites excluding steroid dienone is 2. The Kier molecular flexibility index (Phi) is 16.1. The van der Waals surface area contributed by atoms with Crippen molar-refractivity contribution >= 4 is 18.3 Å². The summed E-state index contributed by atoms with van der Waals surface area (Å²) in [5, 5.41) is 0. The molecule has 0 radical (unpaired) electrons. The first-order valence-corrected chi connectivity index (χ1v) is 12.2. The summed E-state index contributed by atoms with van der Waals surface area (Å²) in [6, 6.07) is 8.36. The van der Waals surface area contributed by atoms with E-state index >= 15 is 0 Å². The number of aldehydes is 1. The van der Waals surface area contributed by atoms with E-state index < -0.39 is 0 Å². The van der Waals surface area contributed by atoms with Gasteiger partial charge in [0.1, 0.15) is 12.4 Å². The van der Waals surface area contributed by atoms with Crippen LogP contribution in [-0.2, 0) is 20.7 Å². The minimum Gasteiger partial charge on any atom is -0.458 e. The second-order valence-corrected chi connectivity index (χ2v) is 8.27. The minimum absolute atomic E-state index is 0.152. The molecule has 0 aliphatic heterocycles. The molecule has 0 aromatic heterocycles. The van der Waals surface area contributed by atoms with Crippen LogP contribution in [0, 0.1) is 0 Å². The molecule has 0 bridgehead atoms. The smallest absolute Gasteiger partial charge is 0.303 e. The Hall–Kier alpha value is -2.16. The average Bonchev–Trinajstić information content (AvgIpc) is 2.76. The number of ether oxygens (including phenoxy) is 1. The molecule has 3 heteroatoms. The van der Waals surface area contributed by atoms with E-state index in [-0.39, 0.29) is 12.1 Å². The standard InChI is InChI=1S/C28H42O3/c1-3-4-5-6-7-8-9-12-22-28(31-25(2)30)23-16-15-21-27-20-14-13-19-26(27)18-11-10-17-24-29/h13-16,19-21,23-24,28H,3-12,17-18,22H2,1-2H3/b21-15+,23-16+. The third-order valence-electron chi connectivity index (χ3n) is 5.45. The van der Waals surface area contributed by atoms with Crippen molar-refractivity contribution in [3.63, 3.8) is 0 Å². The number of benzene rings is 1. The van der Waals surface area contributed by atoms with Crippen molar-refractivity contribution in [2.45, 2.75) is 103 Å².